The molecule has 0 radical (unpaired) electrons. The van der Waals surface area contributed by atoms with Crippen LogP contribution in [0.15, 0.2) is 82.6 Å². The fourth-order valence-electron chi connectivity index (χ4n) is 5.90. The van der Waals surface area contributed by atoms with Crippen molar-refractivity contribution in [1.29, 1.82) is 0 Å². The summed E-state index contributed by atoms with van der Waals surface area (Å²) in [7, 11) is 0. The predicted octanol–water partition coefficient (Wildman–Crippen LogP) is 6.57. The summed E-state index contributed by atoms with van der Waals surface area (Å²) in [6.07, 6.45) is -4.62. The number of nitrogens with one attached hydrogen (secondary N) is 1. The SMILES string of the molecule is CC(C)(C)c1ccc([C@@H]2c3sc(=O)n(CC(=O)Nc4cccc(C(F)(F)F)c4)c3S[C@H]3C(=O)N(c4ccc([N+](=O)[O-])cc4)C(=O)[C@@H]23)cc1. The molecule has 0 aliphatic carbocycles. The second kappa shape index (κ2) is 12.0. The average Bonchev–Trinajstić information content (AvgIpc) is 3.46. The highest BCUT2D eigenvalue weighted by molar-refractivity contribution is 8.00. The normalized spacial score (nSPS) is 19.2. The number of nitro benzene ring substituents is 1. The molecule has 6 rings (SSSR count). The third-order valence-corrected chi connectivity index (χ3v) is 10.9. The number of non-ortho nitro benzene ring substituents is 1. The van der Waals surface area contributed by atoms with Crippen molar-refractivity contribution in [3.8, 4) is 0 Å². The van der Waals surface area contributed by atoms with E-state index in [1.165, 1.54) is 34.9 Å². The Labute approximate surface area is 279 Å². The predicted molar refractivity (Wildman–Crippen MR) is 174 cm³/mol. The van der Waals surface area contributed by atoms with Crippen molar-refractivity contribution >= 4 is 57.9 Å². The summed E-state index contributed by atoms with van der Waals surface area (Å²) in [5, 5.41) is 12.9. The number of carbonyl (C=O) groups is 3. The Kier molecular flexibility index (Phi) is 8.32. The van der Waals surface area contributed by atoms with E-state index in [0.717, 1.165) is 51.8 Å². The molecule has 248 valence electrons. The smallest absolute Gasteiger partial charge is 0.325 e. The number of amides is 3. The Hall–Kier alpha value is -4.76. The number of benzene rings is 3. The van der Waals surface area contributed by atoms with E-state index < -0.39 is 62.9 Å². The molecular weight excluding hydrogens is 670 g/mol. The zero-order chi connectivity index (χ0) is 34.7. The van der Waals surface area contributed by atoms with Gasteiger partial charge in [0, 0.05) is 28.6 Å². The number of anilines is 2. The third-order valence-electron chi connectivity index (χ3n) is 8.28. The minimum absolute atomic E-state index is 0.105. The van der Waals surface area contributed by atoms with Gasteiger partial charge in [-0.15, -0.1) is 0 Å². The lowest BCUT2D eigenvalue weighted by atomic mass is 9.81. The van der Waals surface area contributed by atoms with Crippen LogP contribution in [-0.2, 0) is 32.5 Å². The van der Waals surface area contributed by atoms with Crippen LogP contribution in [0.2, 0.25) is 0 Å². The summed E-state index contributed by atoms with van der Waals surface area (Å²) >= 11 is 1.82. The fraction of sp³-hybridized carbons (Fsp3) is 0.273. The van der Waals surface area contributed by atoms with Crippen LogP contribution in [0, 0.1) is 16.0 Å². The Bertz CT molecular complexity index is 2020. The molecule has 3 amide bonds. The van der Waals surface area contributed by atoms with E-state index in [1.807, 2.05) is 45.0 Å². The Balaban J connectivity index is 1.39. The summed E-state index contributed by atoms with van der Waals surface area (Å²) in [5.74, 6) is -3.55. The number of thiazole rings is 1. The van der Waals surface area contributed by atoms with Crippen molar-refractivity contribution in [1.82, 2.24) is 4.57 Å². The van der Waals surface area contributed by atoms with Gasteiger partial charge in [0.05, 0.1) is 27.1 Å². The highest BCUT2D eigenvalue weighted by Crippen LogP contribution is 2.54. The number of nitro groups is 1. The summed E-state index contributed by atoms with van der Waals surface area (Å²) in [6, 6.07) is 16.7. The molecule has 4 aromatic rings. The number of carbonyl (C=O) groups excluding carboxylic acids is 3. The topological polar surface area (TPSA) is 132 Å². The van der Waals surface area contributed by atoms with Crippen molar-refractivity contribution in [2.24, 2.45) is 5.92 Å². The molecule has 3 aromatic carbocycles. The maximum Gasteiger partial charge on any atom is 0.416 e. The van der Waals surface area contributed by atoms with Gasteiger partial charge in [0.1, 0.15) is 11.8 Å². The highest BCUT2D eigenvalue weighted by atomic mass is 32.2. The van der Waals surface area contributed by atoms with E-state index in [0.29, 0.717) is 15.5 Å². The minimum Gasteiger partial charge on any atom is -0.325 e. The molecule has 0 spiro atoms. The van der Waals surface area contributed by atoms with Crippen LogP contribution in [-0.4, -0.2) is 32.5 Å². The first kappa shape index (κ1) is 33.2. The maximum absolute atomic E-state index is 14.1. The first-order valence-corrected chi connectivity index (χ1v) is 16.3. The average molecular weight is 697 g/mol. The van der Waals surface area contributed by atoms with Crippen LogP contribution in [0.4, 0.5) is 30.2 Å². The molecule has 0 saturated carbocycles. The number of nitrogens with zero attached hydrogens (tertiary/aromatic N) is 3. The molecule has 2 aliphatic rings. The first-order chi connectivity index (χ1) is 22.5. The number of hydrogen-bond acceptors (Lipinski definition) is 8. The number of aromatic nitrogens is 1. The van der Waals surface area contributed by atoms with Gasteiger partial charge < -0.3 is 5.32 Å². The molecule has 1 saturated heterocycles. The van der Waals surface area contributed by atoms with Gasteiger partial charge in [-0.2, -0.15) is 13.2 Å². The van der Waals surface area contributed by atoms with Gasteiger partial charge in [0.2, 0.25) is 17.7 Å². The van der Waals surface area contributed by atoms with E-state index in [-0.39, 0.29) is 22.5 Å². The molecule has 10 nitrogen and oxygen atoms in total. The molecule has 1 aromatic heterocycles. The van der Waals surface area contributed by atoms with Crippen LogP contribution in [0.3, 0.4) is 0 Å². The number of halogens is 3. The van der Waals surface area contributed by atoms with Gasteiger partial charge in [-0.1, -0.05) is 74.2 Å². The monoisotopic (exact) mass is 696 g/mol. The summed E-state index contributed by atoms with van der Waals surface area (Å²) in [6.45, 7) is 5.59. The van der Waals surface area contributed by atoms with E-state index >= 15 is 0 Å². The number of alkyl halides is 3. The Morgan fingerprint density at radius 2 is 1.60 bits per heavy atom. The second-order valence-corrected chi connectivity index (χ2v) is 14.6. The molecule has 1 N–H and O–H groups in total. The van der Waals surface area contributed by atoms with E-state index in [9.17, 15) is 42.5 Å². The molecule has 48 heavy (non-hydrogen) atoms. The largest absolute Gasteiger partial charge is 0.416 e. The number of rotatable bonds is 6. The zero-order valence-corrected chi connectivity index (χ0v) is 27.2. The molecule has 2 aliphatic heterocycles. The second-order valence-electron chi connectivity index (χ2n) is 12.4. The van der Waals surface area contributed by atoms with E-state index in [2.05, 4.69) is 5.32 Å². The molecule has 0 unspecified atom stereocenters. The summed E-state index contributed by atoms with van der Waals surface area (Å²) < 4.78 is 40.8. The Morgan fingerprint density at radius 3 is 2.21 bits per heavy atom. The van der Waals surface area contributed by atoms with E-state index in [4.69, 9.17) is 0 Å². The Morgan fingerprint density at radius 1 is 0.938 bits per heavy atom. The first-order valence-electron chi connectivity index (χ1n) is 14.6. The molecule has 15 heteroatoms. The van der Waals surface area contributed by atoms with Crippen LogP contribution in [0.1, 0.15) is 48.3 Å². The van der Waals surface area contributed by atoms with Crippen LogP contribution >= 0.6 is 23.1 Å². The van der Waals surface area contributed by atoms with Crippen molar-refractivity contribution in [2.75, 3.05) is 10.2 Å². The van der Waals surface area contributed by atoms with Gasteiger partial charge in [-0.3, -0.25) is 33.9 Å². The van der Waals surface area contributed by atoms with Gasteiger partial charge in [-0.25, -0.2) is 4.90 Å². The quantitative estimate of drug-likeness (QED) is 0.137. The van der Waals surface area contributed by atoms with Crippen LogP contribution in [0.5, 0.6) is 0 Å². The third kappa shape index (κ3) is 6.03. The van der Waals surface area contributed by atoms with Crippen molar-refractivity contribution in [3.63, 3.8) is 0 Å². The van der Waals surface area contributed by atoms with Crippen molar-refractivity contribution < 1.29 is 32.5 Å². The standard InChI is InChI=1S/C33H27F3N4O6S2/c1-32(2,3)18-9-7-17(8-10-18)24-25-26(29(43)39(28(25)42)21-11-13-22(14-12-21)40(45)46)47-30-27(24)48-31(44)38(30)16-23(41)37-20-6-4-5-19(15-20)33(34,35)36/h4-15,24-26H,16H2,1-3H3,(H,37,41)/t24-,25-,26+/m0/s1. The number of hydrogen-bond donors (Lipinski definition) is 1. The number of imide groups is 1. The van der Waals surface area contributed by atoms with Gasteiger partial charge in [0.25, 0.3) is 5.69 Å². The minimum atomic E-state index is -4.62. The lowest BCUT2D eigenvalue weighted by molar-refractivity contribution is -0.384. The molecule has 1 fully saturated rings. The van der Waals surface area contributed by atoms with Crippen LogP contribution in [0.25, 0.3) is 0 Å². The molecule has 3 heterocycles. The van der Waals surface area contributed by atoms with Gasteiger partial charge in [-0.05, 0) is 46.9 Å². The lowest BCUT2D eigenvalue weighted by Crippen LogP contribution is -2.33. The lowest BCUT2D eigenvalue weighted by Gasteiger charge is -2.31. The number of thioether (sulfide) groups is 1. The number of fused-ring (bicyclic) bond motifs is 2. The van der Waals surface area contributed by atoms with Gasteiger partial charge >= 0.3 is 11.0 Å². The van der Waals surface area contributed by atoms with Crippen molar-refractivity contribution in [3.05, 3.63) is 114 Å². The summed E-state index contributed by atoms with van der Waals surface area (Å²) in [4.78, 5) is 66.1. The van der Waals surface area contributed by atoms with Gasteiger partial charge in [0.15, 0.2) is 0 Å². The fourth-order valence-corrected chi connectivity index (χ4v) is 8.67. The van der Waals surface area contributed by atoms with Crippen molar-refractivity contribution in [2.45, 2.75) is 55.1 Å². The molecule has 0 bridgehead atoms. The molecular formula is C33H27F3N4O6S2. The molecule has 3 atom stereocenters. The highest BCUT2D eigenvalue weighted by Gasteiger charge is 2.57. The maximum atomic E-state index is 14.1. The van der Waals surface area contributed by atoms with Crippen LogP contribution < -0.4 is 15.1 Å². The summed E-state index contributed by atoms with van der Waals surface area (Å²) in [5.41, 5.74) is 0.409. The van der Waals surface area contributed by atoms with E-state index in [1.54, 1.807) is 0 Å². The zero-order valence-electron chi connectivity index (χ0n) is 25.6.